The topological polar surface area (TPSA) is 55.4 Å². The predicted octanol–water partition coefficient (Wildman–Crippen LogP) is 6.48. The minimum atomic E-state index is -3.72. The smallest absolute Gasteiger partial charge is 0.262 e. The number of halogens is 1. The molecule has 0 aliphatic rings. The third kappa shape index (κ3) is 4.41. The van der Waals surface area contributed by atoms with Crippen molar-refractivity contribution < 1.29 is 13.2 Å². The molecule has 0 heterocycles. The van der Waals surface area contributed by atoms with Gasteiger partial charge < -0.3 is 4.74 Å². The molecule has 3 aromatic rings. The van der Waals surface area contributed by atoms with Crippen LogP contribution in [0.25, 0.3) is 0 Å². The summed E-state index contributed by atoms with van der Waals surface area (Å²) in [7, 11) is -3.72. The molecule has 0 atom stereocenters. The molecule has 0 saturated carbocycles. The maximum atomic E-state index is 13.1. The van der Waals surface area contributed by atoms with Crippen LogP contribution in [0.2, 0.25) is 5.02 Å². The SMILES string of the molecule is Cc1c(C)c(C)c(S(=O)(=O)Nc2ccc(Oc3ccc(Cl)cc3)cc2)c(C)c1C. The Hall–Kier alpha value is -2.50. The second-order valence-electron chi connectivity index (χ2n) is 7.14. The van der Waals surface area contributed by atoms with Crippen LogP contribution >= 0.6 is 11.6 Å². The maximum absolute atomic E-state index is 13.1. The average molecular weight is 430 g/mol. The Balaban J connectivity index is 1.85. The standard InChI is InChI=1S/C23H24ClNO3S/c1-14-15(2)17(4)23(18(5)16(14)3)29(26,27)25-20-8-12-22(13-9-20)28-21-10-6-19(24)7-11-21/h6-13,25H,1-5H3. The van der Waals surface area contributed by atoms with Crippen molar-refractivity contribution in [1.29, 1.82) is 0 Å². The Morgan fingerprint density at radius 2 is 1.10 bits per heavy atom. The van der Waals surface area contributed by atoms with Crippen molar-refractivity contribution >= 4 is 27.3 Å². The summed E-state index contributed by atoms with van der Waals surface area (Å²) < 4.78 is 34.7. The van der Waals surface area contributed by atoms with Gasteiger partial charge in [0, 0.05) is 10.7 Å². The average Bonchev–Trinajstić information content (AvgIpc) is 2.68. The van der Waals surface area contributed by atoms with Gasteiger partial charge >= 0.3 is 0 Å². The Bertz CT molecular complexity index is 1120. The molecule has 0 amide bonds. The molecule has 0 aromatic heterocycles. The van der Waals surface area contributed by atoms with Crippen molar-refractivity contribution in [2.24, 2.45) is 0 Å². The lowest BCUT2D eigenvalue weighted by atomic mass is 9.95. The van der Waals surface area contributed by atoms with Crippen LogP contribution in [0.4, 0.5) is 5.69 Å². The van der Waals surface area contributed by atoms with Crippen LogP contribution in [0.15, 0.2) is 53.4 Å². The van der Waals surface area contributed by atoms with Crippen LogP contribution in [0.3, 0.4) is 0 Å². The van der Waals surface area contributed by atoms with Crippen molar-refractivity contribution in [2.45, 2.75) is 39.5 Å². The maximum Gasteiger partial charge on any atom is 0.262 e. The van der Waals surface area contributed by atoms with E-state index >= 15 is 0 Å². The third-order valence-corrected chi connectivity index (χ3v) is 7.26. The fraction of sp³-hybridized carbons (Fsp3) is 0.217. The first-order valence-corrected chi connectivity index (χ1v) is 11.1. The van der Waals surface area contributed by atoms with Gasteiger partial charge in [0.05, 0.1) is 4.90 Å². The van der Waals surface area contributed by atoms with Crippen LogP contribution in [0.5, 0.6) is 11.5 Å². The van der Waals surface area contributed by atoms with E-state index in [0.29, 0.717) is 27.1 Å². The summed E-state index contributed by atoms with van der Waals surface area (Å²) in [5, 5.41) is 0.634. The molecule has 6 heteroatoms. The summed E-state index contributed by atoms with van der Waals surface area (Å²) in [5.74, 6) is 1.25. The Kier molecular flexibility index (Phi) is 5.92. The minimum Gasteiger partial charge on any atom is -0.457 e. The number of hydrogen-bond donors (Lipinski definition) is 1. The second-order valence-corrected chi connectivity index (χ2v) is 9.20. The molecule has 3 aromatic carbocycles. The quantitative estimate of drug-likeness (QED) is 0.505. The summed E-state index contributed by atoms with van der Waals surface area (Å²) >= 11 is 5.88. The number of benzene rings is 3. The van der Waals surface area contributed by atoms with Gasteiger partial charge in [-0.1, -0.05) is 11.6 Å². The van der Waals surface area contributed by atoms with Crippen molar-refractivity contribution in [1.82, 2.24) is 0 Å². The zero-order valence-electron chi connectivity index (χ0n) is 17.1. The van der Waals surface area contributed by atoms with E-state index in [-0.39, 0.29) is 0 Å². The van der Waals surface area contributed by atoms with Crippen LogP contribution in [-0.4, -0.2) is 8.42 Å². The lowest BCUT2D eigenvalue weighted by Crippen LogP contribution is -2.17. The first kappa shape index (κ1) is 21.2. The molecule has 0 bridgehead atoms. The van der Waals surface area contributed by atoms with E-state index in [0.717, 1.165) is 27.8 Å². The molecule has 0 radical (unpaired) electrons. The van der Waals surface area contributed by atoms with Gasteiger partial charge in [-0.15, -0.1) is 0 Å². The fourth-order valence-electron chi connectivity index (χ4n) is 3.30. The fourth-order valence-corrected chi connectivity index (χ4v) is 5.09. The second kappa shape index (κ2) is 8.09. The summed E-state index contributed by atoms with van der Waals surface area (Å²) in [6.07, 6.45) is 0. The van der Waals surface area contributed by atoms with Gasteiger partial charge in [-0.05, 0) is 111 Å². The van der Waals surface area contributed by atoms with Gasteiger partial charge in [-0.3, -0.25) is 4.72 Å². The minimum absolute atomic E-state index is 0.347. The van der Waals surface area contributed by atoms with E-state index in [4.69, 9.17) is 16.3 Å². The molecule has 0 unspecified atom stereocenters. The van der Waals surface area contributed by atoms with Crippen molar-refractivity contribution in [3.05, 3.63) is 81.4 Å². The van der Waals surface area contributed by atoms with Crippen LogP contribution in [-0.2, 0) is 10.0 Å². The van der Waals surface area contributed by atoms with E-state index in [9.17, 15) is 8.42 Å². The van der Waals surface area contributed by atoms with Gasteiger partial charge in [0.25, 0.3) is 10.0 Å². The number of anilines is 1. The van der Waals surface area contributed by atoms with E-state index in [1.165, 1.54) is 0 Å². The van der Waals surface area contributed by atoms with E-state index in [2.05, 4.69) is 4.72 Å². The summed E-state index contributed by atoms with van der Waals surface area (Å²) in [6, 6.07) is 13.8. The molecule has 0 aliphatic carbocycles. The lowest BCUT2D eigenvalue weighted by Gasteiger charge is -2.19. The zero-order chi connectivity index (χ0) is 21.3. The van der Waals surface area contributed by atoms with Gasteiger partial charge in [0.1, 0.15) is 11.5 Å². The molecule has 4 nitrogen and oxygen atoms in total. The van der Waals surface area contributed by atoms with Gasteiger partial charge in [-0.2, -0.15) is 0 Å². The normalized spacial score (nSPS) is 11.4. The Morgan fingerprint density at radius 3 is 1.59 bits per heavy atom. The largest absolute Gasteiger partial charge is 0.457 e. The number of nitrogens with one attached hydrogen (secondary N) is 1. The number of rotatable bonds is 5. The van der Waals surface area contributed by atoms with E-state index < -0.39 is 10.0 Å². The first-order chi connectivity index (χ1) is 13.6. The van der Waals surface area contributed by atoms with Crippen LogP contribution in [0.1, 0.15) is 27.8 Å². The van der Waals surface area contributed by atoms with E-state index in [1.807, 2.05) is 34.6 Å². The zero-order valence-corrected chi connectivity index (χ0v) is 18.7. The Labute approximate surface area is 177 Å². The number of ether oxygens (including phenoxy) is 1. The lowest BCUT2D eigenvalue weighted by molar-refractivity contribution is 0.483. The molecule has 1 N–H and O–H groups in total. The molecule has 152 valence electrons. The monoisotopic (exact) mass is 429 g/mol. The van der Waals surface area contributed by atoms with Crippen LogP contribution < -0.4 is 9.46 Å². The highest BCUT2D eigenvalue weighted by molar-refractivity contribution is 7.92. The molecule has 0 saturated heterocycles. The first-order valence-electron chi connectivity index (χ1n) is 9.23. The Morgan fingerprint density at radius 1 is 0.690 bits per heavy atom. The third-order valence-electron chi connectivity index (χ3n) is 5.36. The summed E-state index contributed by atoms with van der Waals surface area (Å²) in [6.45, 7) is 9.64. The molecule has 0 spiro atoms. The predicted molar refractivity (Wildman–Crippen MR) is 119 cm³/mol. The highest BCUT2D eigenvalue weighted by Crippen LogP contribution is 2.31. The highest BCUT2D eigenvalue weighted by Gasteiger charge is 2.23. The molecular weight excluding hydrogens is 406 g/mol. The number of sulfonamides is 1. The highest BCUT2D eigenvalue weighted by atomic mass is 35.5. The van der Waals surface area contributed by atoms with Crippen LogP contribution in [0, 0.1) is 34.6 Å². The van der Waals surface area contributed by atoms with Crippen molar-refractivity contribution in [2.75, 3.05) is 4.72 Å². The summed E-state index contributed by atoms with van der Waals surface area (Å²) in [4.78, 5) is 0.347. The molecule has 0 fully saturated rings. The number of hydrogen-bond acceptors (Lipinski definition) is 3. The van der Waals surface area contributed by atoms with Gasteiger partial charge in [0.15, 0.2) is 0 Å². The molecule has 3 rings (SSSR count). The van der Waals surface area contributed by atoms with Crippen molar-refractivity contribution in [3.8, 4) is 11.5 Å². The van der Waals surface area contributed by atoms with Gasteiger partial charge in [0.2, 0.25) is 0 Å². The summed E-state index contributed by atoms with van der Waals surface area (Å²) in [5.41, 5.74) is 5.16. The molecule has 29 heavy (non-hydrogen) atoms. The molecular formula is C23H24ClNO3S. The van der Waals surface area contributed by atoms with Crippen molar-refractivity contribution in [3.63, 3.8) is 0 Å². The van der Waals surface area contributed by atoms with E-state index in [1.54, 1.807) is 48.5 Å². The molecule has 0 aliphatic heterocycles. The van der Waals surface area contributed by atoms with Gasteiger partial charge in [-0.25, -0.2) is 8.42 Å².